The quantitative estimate of drug-likeness (QED) is 0.610. The van der Waals surface area contributed by atoms with Crippen molar-refractivity contribution in [2.75, 3.05) is 0 Å². The maximum Gasteiger partial charge on any atom is 0.146 e. The van der Waals surface area contributed by atoms with Crippen LogP contribution in [0.2, 0.25) is 0 Å². The van der Waals surface area contributed by atoms with Crippen molar-refractivity contribution < 1.29 is 4.39 Å². The molecule has 1 aromatic heterocycles. The second kappa shape index (κ2) is 2.56. The lowest BCUT2D eigenvalue weighted by atomic mass is 10.2. The van der Waals surface area contributed by atoms with Gasteiger partial charge in [-0.05, 0) is 18.2 Å². The molecule has 1 aromatic carbocycles. The molecule has 0 saturated heterocycles. The molecule has 0 saturated carbocycles. The lowest BCUT2D eigenvalue weighted by Gasteiger charge is -1.88. The molecule has 13 heavy (non-hydrogen) atoms. The number of nitrogens with zero attached hydrogens (tertiary/aromatic N) is 3. The Bertz CT molecular complexity index is 507. The van der Waals surface area contributed by atoms with E-state index in [2.05, 4.69) is 5.10 Å². The number of hydrogen-bond donors (Lipinski definition) is 0. The molecule has 2 rings (SSSR count). The highest BCUT2D eigenvalue weighted by Gasteiger charge is 2.07. The second-order valence-electron chi connectivity index (χ2n) is 2.75. The Morgan fingerprint density at radius 1 is 1.54 bits per heavy atom. The van der Waals surface area contributed by atoms with Gasteiger partial charge in [-0.15, -0.1) is 0 Å². The van der Waals surface area contributed by atoms with Gasteiger partial charge < -0.3 is 0 Å². The van der Waals surface area contributed by atoms with Gasteiger partial charge in [-0.1, -0.05) is 0 Å². The van der Waals surface area contributed by atoms with Gasteiger partial charge in [0.25, 0.3) is 0 Å². The molecule has 0 atom stereocenters. The molecule has 4 heteroatoms. The minimum Gasteiger partial charge on any atom is -0.257 e. The van der Waals surface area contributed by atoms with Crippen molar-refractivity contribution >= 4 is 10.9 Å². The van der Waals surface area contributed by atoms with Crippen LogP contribution >= 0.6 is 0 Å². The van der Waals surface area contributed by atoms with Gasteiger partial charge in [0.05, 0.1) is 5.52 Å². The van der Waals surface area contributed by atoms with Gasteiger partial charge >= 0.3 is 0 Å². The molecule has 0 aliphatic rings. The fourth-order valence-electron chi connectivity index (χ4n) is 1.30. The lowest BCUT2D eigenvalue weighted by molar-refractivity contribution is 0.629. The Hall–Kier alpha value is -1.89. The molecule has 0 amide bonds. The summed E-state index contributed by atoms with van der Waals surface area (Å²) in [6.45, 7) is 0. The smallest absolute Gasteiger partial charge is 0.146 e. The summed E-state index contributed by atoms with van der Waals surface area (Å²) < 4.78 is 14.3. The fourth-order valence-corrected chi connectivity index (χ4v) is 1.30. The summed E-state index contributed by atoms with van der Waals surface area (Å²) in [6.07, 6.45) is 0. The van der Waals surface area contributed by atoms with Crippen molar-refractivity contribution in [2.45, 2.75) is 0 Å². The van der Waals surface area contributed by atoms with Crippen LogP contribution in [0.3, 0.4) is 0 Å². The average Bonchev–Trinajstić information content (AvgIpc) is 2.40. The molecule has 2 aromatic rings. The van der Waals surface area contributed by atoms with Crippen molar-refractivity contribution in [1.82, 2.24) is 9.78 Å². The zero-order valence-electron chi connectivity index (χ0n) is 6.95. The summed E-state index contributed by atoms with van der Waals surface area (Å²) in [5.41, 5.74) is 1.02. The monoisotopic (exact) mass is 175 g/mol. The summed E-state index contributed by atoms with van der Waals surface area (Å²) in [7, 11) is 1.66. The largest absolute Gasteiger partial charge is 0.257 e. The molecule has 0 fully saturated rings. The number of rotatable bonds is 0. The third-order valence-corrected chi connectivity index (χ3v) is 1.90. The Morgan fingerprint density at radius 3 is 3.00 bits per heavy atom. The summed E-state index contributed by atoms with van der Waals surface area (Å²) >= 11 is 0. The van der Waals surface area contributed by atoms with Crippen LogP contribution in [0.15, 0.2) is 18.2 Å². The number of hydrogen-bond acceptors (Lipinski definition) is 2. The van der Waals surface area contributed by atoms with Crippen molar-refractivity contribution in [3.8, 4) is 6.07 Å². The Labute approximate surface area is 74.0 Å². The van der Waals surface area contributed by atoms with E-state index >= 15 is 0 Å². The maximum atomic E-state index is 12.8. The van der Waals surface area contributed by atoms with E-state index in [-0.39, 0.29) is 5.82 Å². The molecule has 0 unspecified atom stereocenters. The standard InChI is InChI=1S/C9H6FN3/c1-13-9(5-11)7-4-6(10)2-3-8(7)12-13/h2-4H,1H3. The van der Waals surface area contributed by atoms with E-state index in [1.165, 1.54) is 16.8 Å². The molecule has 0 aliphatic heterocycles. The van der Waals surface area contributed by atoms with E-state index in [0.29, 0.717) is 16.6 Å². The van der Waals surface area contributed by atoms with E-state index in [4.69, 9.17) is 5.26 Å². The SMILES string of the molecule is Cn1nc2ccc(F)cc2c1C#N. The van der Waals surface area contributed by atoms with Crippen LogP contribution in [-0.4, -0.2) is 9.78 Å². The van der Waals surface area contributed by atoms with Gasteiger partial charge in [-0.3, -0.25) is 4.68 Å². The normalized spacial score (nSPS) is 10.2. The molecular formula is C9H6FN3. The number of aromatic nitrogens is 2. The third-order valence-electron chi connectivity index (χ3n) is 1.90. The molecule has 1 heterocycles. The fraction of sp³-hybridized carbons (Fsp3) is 0.111. The van der Waals surface area contributed by atoms with Gasteiger partial charge in [0.2, 0.25) is 0 Å². The van der Waals surface area contributed by atoms with Crippen LogP contribution < -0.4 is 0 Å². The number of fused-ring (bicyclic) bond motifs is 1. The van der Waals surface area contributed by atoms with Crippen molar-refractivity contribution in [3.05, 3.63) is 29.7 Å². The number of benzene rings is 1. The van der Waals surface area contributed by atoms with Gasteiger partial charge in [0.15, 0.2) is 0 Å². The second-order valence-corrected chi connectivity index (χ2v) is 2.75. The first kappa shape index (κ1) is 7.74. The highest BCUT2D eigenvalue weighted by Crippen LogP contribution is 2.17. The van der Waals surface area contributed by atoms with E-state index < -0.39 is 0 Å². The van der Waals surface area contributed by atoms with Crippen LogP contribution in [0.5, 0.6) is 0 Å². The zero-order chi connectivity index (χ0) is 9.42. The number of halogens is 1. The van der Waals surface area contributed by atoms with Gasteiger partial charge in [-0.25, -0.2) is 4.39 Å². The maximum absolute atomic E-state index is 12.8. The first-order valence-electron chi connectivity index (χ1n) is 3.75. The van der Waals surface area contributed by atoms with Gasteiger partial charge in [-0.2, -0.15) is 10.4 Å². The summed E-state index contributed by atoms with van der Waals surface area (Å²) in [4.78, 5) is 0. The molecule has 64 valence electrons. The molecule has 0 spiro atoms. The molecule has 0 N–H and O–H groups in total. The van der Waals surface area contributed by atoms with Gasteiger partial charge in [0, 0.05) is 12.4 Å². The Kier molecular flexibility index (Phi) is 1.52. The van der Waals surface area contributed by atoms with Crippen LogP contribution in [0.1, 0.15) is 5.69 Å². The zero-order valence-corrected chi connectivity index (χ0v) is 6.95. The van der Waals surface area contributed by atoms with Crippen LogP contribution in [-0.2, 0) is 7.05 Å². The van der Waals surface area contributed by atoms with Crippen molar-refractivity contribution in [1.29, 1.82) is 5.26 Å². The van der Waals surface area contributed by atoms with Crippen molar-refractivity contribution in [3.63, 3.8) is 0 Å². The van der Waals surface area contributed by atoms with E-state index in [9.17, 15) is 4.39 Å². The topological polar surface area (TPSA) is 41.6 Å². The van der Waals surface area contributed by atoms with Crippen LogP contribution in [0.25, 0.3) is 10.9 Å². The molecule has 0 bridgehead atoms. The minimum absolute atomic E-state index is 0.350. The number of nitriles is 1. The first-order valence-corrected chi connectivity index (χ1v) is 3.75. The van der Waals surface area contributed by atoms with E-state index in [0.717, 1.165) is 0 Å². The van der Waals surface area contributed by atoms with Gasteiger partial charge in [0.1, 0.15) is 17.6 Å². The summed E-state index contributed by atoms with van der Waals surface area (Å²) in [6, 6.07) is 6.19. The lowest BCUT2D eigenvalue weighted by Crippen LogP contribution is -1.92. The van der Waals surface area contributed by atoms with E-state index in [1.807, 2.05) is 6.07 Å². The highest BCUT2D eigenvalue weighted by atomic mass is 19.1. The van der Waals surface area contributed by atoms with Crippen LogP contribution in [0, 0.1) is 17.1 Å². The predicted octanol–water partition coefficient (Wildman–Crippen LogP) is 1.58. The Balaban J connectivity index is 2.91. The molecular weight excluding hydrogens is 169 g/mol. The molecule has 3 nitrogen and oxygen atoms in total. The first-order chi connectivity index (χ1) is 6.22. The molecule has 0 radical (unpaired) electrons. The highest BCUT2D eigenvalue weighted by molar-refractivity contribution is 5.83. The Morgan fingerprint density at radius 2 is 2.31 bits per heavy atom. The van der Waals surface area contributed by atoms with Crippen LogP contribution in [0.4, 0.5) is 4.39 Å². The minimum atomic E-state index is -0.350. The average molecular weight is 175 g/mol. The third kappa shape index (κ3) is 1.05. The molecule has 0 aliphatic carbocycles. The summed E-state index contributed by atoms with van der Waals surface area (Å²) in [5, 5.41) is 13.4. The number of aryl methyl sites for hydroxylation is 1. The van der Waals surface area contributed by atoms with E-state index in [1.54, 1.807) is 13.1 Å². The summed E-state index contributed by atoms with van der Waals surface area (Å²) in [5.74, 6) is -0.350. The predicted molar refractivity (Wildman–Crippen MR) is 45.4 cm³/mol. The van der Waals surface area contributed by atoms with Crippen molar-refractivity contribution in [2.24, 2.45) is 7.05 Å².